The van der Waals surface area contributed by atoms with E-state index in [1.807, 2.05) is 17.7 Å². The predicted molar refractivity (Wildman–Crippen MR) is 94.7 cm³/mol. The Hall–Kier alpha value is -1.85. The summed E-state index contributed by atoms with van der Waals surface area (Å²) in [7, 11) is 0. The molecule has 1 aliphatic rings. The molecule has 5 nitrogen and oxygen atoms in total. The van der Waals surface area contributed by atoms with E-state index in [4.69, 9.17) is 0 Å². The van der Waals surface area contributed by atoms with Crippen molar-refractivity contribution >= 4 is 24.1 Å². The largest absolute Gasteiger partial charge is 0.308 e. The molecule has 1 fully saturated rings. The van der Waals surface area contributed by atoms with Crippen molar-refractivity contribution in [2.75, 3.05) is 11.9 Å². The minimum absolute atomic E-state index is 0. The average Bonchev–Trinajstić information content (AvgIpc) is 3.07. The summed E-state index contributed by atoms with van der Waals surface area (Å²) in [5, 5.41) is 10.6. The van der Waals surface area contributed by atoms with Gasteiger partial charge in [-0.2, -0.15) is 0 Å². The van der Waals surface area contributed by atoms with E-state index in [1.54, 1.807) is 0 Å². The van der Waals surface area contributed by atoms with Crippen molar-refractivity contribution in [3.63, 3.8) is 0 Å². The fourth-order valence-corrected chi connectivity index (χ4v) is 2.99. The van der Waals surface area contributed by atoms with Crippen LogP contribution < -0.4 is 10.6 Å². The summed E-state index contributed by atoms with van der Waals surface area (Å²) >= 11 is 0. The highest BCUT2D eigenvalue weighted by atomic mass is 35.5. The predicted octanol–water partition coefficient (Wildman–Crippen LogP) is 2.91. The Balaban J connectivity index is 0.00000192. The highest BCUT2D eigenvalue weighted by Crippen LogP contribution is 2.18. The van der Waals surface area contributed by atoms with Crippen molar-refractivity contribution in [3.8, 4) is 5.69 Å². The van der Waals surface area contributed by atoms with Gasteiger partial charge in [-0.15, -0.1) is 17.5 Å². The average molecular weight is 335 g/mol. The van der Waals surface area contributed by atoms with Crippen molar-refractivity contribution in [2.45, 2.75) is 39.7 Å². The van der Waals surface area contributed by atoms with Crippen molar-refractivity contribution in [2.24, 2.45) is 0 Å². The lowest BCUT2D eigenvalue weighted by molar-refractivity contribution is -0.117. The molecule has 124 valence electrons. The molecule has 3 rings (SSSR count). The van der Waals surface area contributed by atoms with Crippen LogP contribution in [0.15, 0.2) is 24.3 Å². The standard InChI is InChI=1S/C17H22N4O.ClH/c1-11-7-12(2)9-14(8-11)21-13(3)10-16(20-21)19-17(22)15-5-4-6-18-15;/h7-10,15,18H,4-6H2,1-3H3,(H,19,20,22);1H. The maximum Gasteiger partial charge on any atom is 0.242 e. The van der Waals surface area contributed by atoms with E-state index in [-0.39, 0.29) is 24.4 Å². The van der Waals surface area contributed by atoms with Gasteiger partial charge in [0.05, 0.1) is 11.7 Å². The molecule has 0 spiro atoms. The van der Waals surface area contributed by atoms with Crippen LogP contribution in [0, 0.1) is 20.8 Å². The molecule has 1 atom stereocenters. The molecule has 6 heteroatoms. The number of halogens is 1. The topological polar surface area (TPSA) is 59.0 Å². The second-order valence-electron chi connectivity index (χ2n) is 6.07. The van der Waals surface area contributed by atoms with Gasteiger partial charge in [0, 0.05) is 11.8 Å². The number of benzene rings is 1. The molecule has 23 heavy (non-hydrogen) atoms. The summed E-state index contributed by atoms with van der Waals surface area (Å²) in [5.74, 6) is 0.609. The van der Waals surface area contributed by atoms with E-state index in [1.165, 1.54) is 11.1 Å². The van der Waals surface area contributed by atoms with Crippen LogP contribution >= 0.6 is 12.4 Å². The van der Waals surface area contributed by atoms with E-state index < -0.39 is 0 Å². The number of carbonyl (C=O) groups is 1. The van der Waals surface area contributed by atoms with Crippen LogP contribution in [0.1, 0.15) is 29.7 Å². The maximum absolute atomic E-state index is 12.2. The van der Waals surface area contributed by atoms with Crippen molar-refractivity contribution in [3.05, 3.63) is 41.1 Å². The molecule has 0 saturated carbocycles. The SMILES string of the molecule is Cc1cc(C)cc(-n2nc(NC(=O)C3CCCN3)cc2C)c1.Cl. The molecule has 2 aromatic rings. The molecule has 0 bridgehead atoms. The molecule has 1 aliphatic heterocycles. The summed E-state index contributed by atoms with van der Waals surface area (Å²) in [6.45, 7) is 7.05. The number of aryl methyl sites for hydroxylation is 3. The first kappa shape index (κ1) is 17.5. The normalized spacial score (nSPS) is 16.9. The molecule has 0 aliphatic carbocycles. The van der Waals surface area contributed by atoms with Crippen LogP contribution in [0.4, 0.5) is 5.82 Å². The van der Waals surface area contributed by atoms with Crippen LogP contribution in [0.5, 0.6) is 0 Å². The van der Waals surface area contributed by atoms with Crippen molar-refractivity contribution in [1.29, 1.82) is 0 Å². The fourth-order valence-electron chi connectivity index (χ4n) is 2.99. The molecular weight excluding hydrogens is 312 g/mol. The molecule has 1 aromatic carbocycles. The first-order chi connectivity index (χ1) is 10.5. The molecule has 1 saturated heterocycles. The quantitative estimate of drug-likeness (QED) is 0.907. The Morgan fingerprint density at radius 1 is 1.22 bits per heavy atom. The summed E-state index contributed by atoms with van der Waals surface area (Å²) in [4.78, 5) is 12.2. The lowest BCUT2D eigenvalue weighted by Gasteiger charge is -2.09. The van der Waals surface area contributed by atoms with Crippen LogP contribution in [0.3, 0.4) is 0 Å². The Bertz CT molecular complexity index is 684. The van der Waals surface area contributed by atoms with Crippen molar-refractivity contribution in [1.82, 2.24) is 15.1 Å². The van der Waals surface area contributed by atoms with E-state index in [2.05, 4.69) is 47.8 Å². The number of aromatic nitrogens is 2. The number of amides is 1. The van der Waals surface area contributed by atoms with Gasteiger partial charge < -0.3 is 10.6 Å². The molecule has 2 heterocycles. The van der Waals surface area contributed by atoms with Gasteiger partial charge in [-0.3, -0.25) is 4.79 Å². The Labute approximate surface area is 142 Å². The number of nitrogens with zero attached hydrogens (tertiary/aromatic N) is 2. The lowest BCUT2D eigenvalue weighted by Crippen LogP contribution is -2.35. The number of carbonyl (C=O) groups excluding carboxylic acids is 1. The van der Waals surface area contributed by atoms with Gasteiger partial charge in [0.2, 0.25) is 5.91 Å². The van der Waals surface area contributed by atoms with Gasteiger partial charge in [-0.1, -0.05) is 6.07 Å². The zero-order valence-corrected chi connectivity index (χ0v) is 14.5. The first-order valence-electron chi connectivity index (χ1n) is 7.72. The number of hydrogen-bond acceptors (Lipinski definition) is 3. The van der Waals surface area contributed by atoms with Gasteiger partial charge >= 0.3 is 0 Å². The summed E-state index contributed by atoms with van der Waals surface area (Å²) in [6, 6.07) is 8.14. The van der Waals surface area contributed by atoms with Crippen LogP contribution in [0.2, 0.25) is 0 Å². The number of anilines is 1. The summed E-state index contributed by atoms with van der Waals surface area (Å²) < 4.78 is 1.87. The summed E-state index contributed by atoms with van der Waals surface area (Å²) in [6.07, 6.45) is 1.94. The molecule has 1 aromatic heterocycles. The minimum Gasteiger partial charge on any atom is -0.308 e. The Morgan fingerprint density at radius 3 is 2.52 bits per heavy atom. The zero-order valence-electron chi connectivity index (χ0n) is 13.7. The van der Waals surface area contributed by atoms with Gasteiger partial charge in [-0.05, 0) is 63.4 Å². The van der Waals surface area contributed by atoms with Crippen molar-refractivity contribution < 1.29 is 4.79 Å². The molecule has 2 N–H and O–H groups in total. The van der Waals surface area contributed by atoms with Gasteiger partial charge in [0.25, 0.3) is 0 Å². The number of rotatable bonds is 3. The molecule has 0 radical (unpaired) electrons. The smallest absolute Gasteiger partial charge is 0.242 e. The number of hydrogen-bond donors (Lipinski definition) is 2. The van der Waals surface area contributed by atoms with E-state index >= 15 is 0 Å². The third kappa shape index (κ3) is 3.92. The first-order valence-corrected chi connectivity index (χ1v) is 7.72. The lowest BCUT2D eigenvalue weighted by atomic mass is 10.1. The fraction of sp³-hybridized carbons (Fsp3) is 0.412. The number of nitrogens with one attached hydrogen (secondary N) is 2. The molecular formula is C17H23ClN4O. The summed E-state index contributed by atoms with van der Waals surface area (Å²) in [5.41, 5.74) is 4.42. The monoisotopic (exact) mass is 334 g/mol. The van der Waals surface area contributed by atoms with Gasteiger partial charge in [-0.25, -0.2) is 4.68 Å². The van der Waals surface area contributed by atoms with E-state index in [0.29, 0.717) is 5.82 Å². The van der Waals surface area contributed by atoms with Gasteiger partial charge in [0.1, 0.15) is 0 Å². The van der Waals surface area contributed by atoms with Crippen LogP contribution in [-0.2, 0) is 4.79 Å². The Kier molecular flexibility index (Phi) is 5.44. The highest BCUT2D eigenvalue weighted by molar-refractivity contribution is 5.94. The van der Waals surface area contributed by atoms with Crippen LogP contribution in [-0.4, -0.2) is 28.3 Å². The van der Waals surface area contributed by atoms with Crippen LogP contribution in [0.25, 0.3) is 5.69 Å². The molecule has 1 amide bonds. The van der Waals surface area contributed by atoms with E-state index in [9.17, 15) is 4.79 Å². The second kappa shape index (κ2) is 7.15. The van der Waals surface area contributed by atoms with Gasteiger partial charge in [0.15, 0.2) is 5.82 Å². The maximum atomic E-state index is 12.2. The minimum atomic E-state index is -0.0910. The Morgan fingerprint density at radius 2 is 1.91 bits per heavy atom. The molecule has 1 unspecified atom stereocenters. The highest BCUT2D eigenvalue weighted by Gasteiger charge is 2.22. The third-order valence-corrected chi connectivity index (χ3v) is 3.97. The zero-order chi connectivity index (χ0) is 15.7. The third-order valence-electron chi connectivity index (χ3n) is 3.97. The van der Waals surface area contributed by atoms with E-state index in [0.717, 1.165) is 30.8 Å². The second-order valence-corrected chi connectivity index (χ2v) is 6.07.